The Morgan fingerprint density at radius 2 is 1.80 bits per heavy atom. The monoisotopic (exact) mass is 298 g/mol. The summed E-state index contributed by atoms with van der Waals surface area (Å²) in [7, 11) is 0. The van der Waals surface area contributed by atoms with Gasteiger partial charge in [0.1, 0.15) is 0 Å². The molecular formula is C16H27ClN2O. The third kappa shape index (κ3) is 5.80. The standard InChI is InChI=1S/C16H26N2O.ClH/c17-15(11-13-7-3-1-4-8-13)16(19)12-18-14-9-5-2-6-10-14;/h1,3-4,7-8,14-16,18-19H,2,5-6,9-12,17H2;1H/t15-,16+;/m0./s1. The Bertz CT molecular complexity index is 355. The lowest BCUT2D eigenvalue weighted by Crippen LogP contribution is -2.46. The fourth-order valence-electron chi connectivity index (χ4n) is 2.77. The van der Waals surface area contributed by atoms with Crippen LogP contribution in [0.2, 0.25) is 0 Å². The van der Waals surface area contributed by atoms with Crippen molar-refractivity contribution >= 4 is 12.4 Å². The highest BCUT2D eigenvalue weighted by molar-refractivity contribution is 5.85. The minimum atomic E-state index is -0.470. The highest BCUT2D eigenvalue weighted by Crippen LogP contribution is 2.17. The second kappa shape index (κ2) is 9.35. The van der Waals surface area contributed by atoms with E-state index >= 15 is 0 Å². The molecule has 0 saturated heterocycles. The number of hydrogen-bond acceptors (Lipinski definition) is 3. The number of benzene rings is 1. The summed E-state index contributed by atoms with van der Waals surface area (Å²) >= 11 is 0. The van der Waals surface area contributed by atoms with Gasteiger partial charge in [0.15, 0.2) is 0 Å². The summed E-state index contributed by atoms with van der Waals surface area (Å²) in [5.74, 6) is 0. The predicted octanol–water partition coefficient (Wildman–Crippen LogP) is 2.26. The highest BCUT2D eigenvalue weighted by atomic mass is 35.5. The minimum absolute atomic E-state index is 0. The molecule has 2 atom stereocenters. The molecule has 4 heteroatoms. The minimum Gasteiger partial charge on any atom is -0.390 e. The van der Waals surface area contributed by atoms with Crippen molar-refractivity contribution in [2.75, 3.05) is 6.54 Å². The first-order chi connectivity index (χ1) is 9.25. The van der Waals surface area contributed by atoms with E-state index in [9.17, 15) is 5.11 Å². The molecule has 1 aliphatic carbocycles. The zero-order chi connectivity index (χ0) is 13.5. The van der Waals surface area contributed by atoms with Crippen LogP contribution in [0.5, 0.6) is 0 Å². The van der Waals surface area contributed by atoms with E-state index in [1.165, 1.54) is 37.7 Å². The lowest BCUT2D eigenvalue weighted by molar-refractivity contribution is 0.135. The first-order valence-corrected chi connectivity index (χ1v) is 7.46. The normalized spacial score (nSPS) is 19.1. The number of rotatable bonds is 6. The molecule has 1 saturated carbocycles. The molecule has 4 N–H and O–H groups in total. The summed E-state index contributed by atoms with van der Waals surface area (Å²) < 4.78 is 0. The topological polar surface area (TPSA) is 58.3 Å². The van der Waals surface area contributed by atoms with E-state index in [4.69, 9.17) is 5.73 Å². The molecule has 1 aromatic carbocycles. The zero-order valence-corrected chi connectivity index (χ0v) is 12.8. The molecule has 3 nitrogen and oxygen atoms in total. The summed E-state index contributed by atoms with van der Waals surface area (Å²) in [6.45, 7) is 0.610. The Kier molecular flexibility index (Phi) is 8.15. The first kappa shape index (κ1) is 17.4. The van der Waals surface area contributed by atoms with Gasteiger partial charge in [-0.1, -0.05) is 49.6 Å². The van der Waals surface area contributed by atoms with E-state index in [2.05, 4.69) is 17.4 Å². The van der Waals surface area contributed by atoms with Gasteiger partial charge < -0.3 is 16.2 Å². The van der Waals surface area contributed by atoms with Crippen LogP contribution in [-0.2, 0) is 6.42 Å². The van der Waals surface area contributed by atoms with Gasteiger partial charge in [-0.05, 0) is 24.8 Å². The molecule has 1 aliphatic rings. The van der Waals surface area contributed by atoms with Crippen molar-refractivity contribution in [3.05, 3.63) is 35.9 Å². The molecule has 0 unspecified atom stereocenters. The molecule has 0 radical (unpaired) electrons. The number of hydrogen-bond donors (Lipinski definition) is 3. The quantitative estimate of drug-likeness (QED) is 0.755. The third-order valence-corrected chi connectivity index (χ3v) is 4.03. The maximum Gasteiger partial charge on any atom is 0.0818 e. The smallest absolute Gasteiger partial charge is 0.0818 e. The van der Waals surface area contributed by atoms with E-state index in [1.54, 1.807) is 0 Å². The summed E-state index contributed by atoms with van der Waals surface area (Å²) in [4.78, 5) is 0. The predicted molar refractivity (Wildman–Crippen MR) is 86.3 cm³/mol. The summed E-state index contributed by atoms with van der Waals surface area (Å²) in [6.07, 6.45) is 6.71. The van der Waals surface area contributed by atoms with Crippen LogP contribution in [0.25, 0.3) is 0 Å². The maximum atomic E-state index is 10.1. The van der Waals surface area contributed by atoms with Crippen molar-refractivity contribution in [1.29, 1.82) is 0 Å². The second-order valence-electron chi connectivity index (χ2n) is 5.66. The molecule has 0 heterocycles. The van der Waals surface area contributed by atoms with Crippen LogP contribution < -0.4 is 11.1 Å². The van der Waals surface area contributed by atoms with Gasteiger partial charge in [-0.15, -0.1) is 12.4 Å². The molecule has 0 amide bonds. The number of aliphatic hydroxyl groups excluding tert-OH is 1. The fourth-order valence-corrected chi connectivity index (χ4v) is 2.77. The molecular weight excluding hydrogens is 272 g/mol. The van der Waals surface area contributed by atoms with Crippen molar-refractivity contribution in [2.45, 2.75) is 56.7 Å². The van der Waals surface area contributed by atoms with Gasteiger partial charge >= 0.3 is 0 Å². The molecule has 0 aromatic heterocycles. The average molecular weight is 299 g/mol. The largest absolute Gasteiger partial charge is 0.390 e. The van der Waals surface area contributed by atoms with Gasteiger partial charge in [0.25, 0.3) is 0 Å². The van der Waals surface area contributed by atoms with E-state index in [0.717, 1.165) is 6.42 Å². The zero-order valence-electron chi connectivity index (χ0n) is 12.0. The lowest BCUT2D eigenvalue weighted by Gasteiger charge is -2.26. The van der Waals surface area contributed by atoms with Crippen molar-refractivity contribution in [2.24, 2.45) is 5.73 Å². The number of aliphatic hydroxyl groups is 1. The average Bonchev–Trinajstić information content (AvgIpc) is 2.47. The van der Waals surface area contributed by atoms with Gasteiger partial charge in [-0.25, -0.2) is 0 Å². The first-order valence-electron chi connectivity index (χ1n) is 7.46. The van der Waals surface area contributed by atoms with Gasteiger partial charge in [0.2, 0.25) is 0 Å². The van der Waals surface area contributed by atoms with Crippen LogP contribution >= 0.6 is 12.4 Å². The molecule has 0 aliphatic heterocycles. The summed E-state index contributed by atoms with van der Waals surface area (Å²) in [5, 5.41) is 13.6. The second-order valence-corrected chi connectivity index (χ2v) is 5.66. The summed E-state index contributed by atoms with van der Waals surface area (Å²) in [5.41, 5.74) is 7.26. The van der Waals surface area contributed by atoms with Crippen LogP contribution in [0.4, 0.5) is 0 Å². The van der Waals surface area contributed by atoms with Crippen molar-refractivity contribution in [3.63, 3.8) is 0 Å². The van der Waals surface area contributed by atoms with Gasteiger partial charge in [0.05, 0.1) is 6.10 Å². The molecule has 114 valence electrons. The van der Waals surface area contributed by atoms with Crippen LogP contribution in [0.3, 0.4) is 0 Å². The molecule has 2 rings (SSSR count). The van der Waals surface area contributed by atoms with Gasteiger partial charge in [0, 0.05) is 18.6 Å². The Morgan fingerprint density at radius 1 is 1.15 bits per heavy atom. The van der Waals surface area contributed by atoms with Crippen LogP contribution in [0, 0.1) is 0 Å². The fraction of sp³-hybridized carbons (Fsp3) is 0.625. The van der Waals surface area contributed by atoms with Gasteiger partial charge in [-0.2, -0.15) is 0 Å². The molecule has 0 spiro atoms. The van der Waals surface area contributed by atoms with Crippen LogP contribution in [0.1, 0.15) is 37.7 Å². The van der Waals surface area contributed by atoms with E-state index in [1.807, 2.05) is 18.2 Å². The van der Waals surface area contributed by atoms with E-state index in [0.29, 0.717) is 12.6 Å². The maximum absolute atomic E-state index is 10.1. The van der Waals surface area contributed by atoms with Crippen molar-refractivity contribution in [3.8, 4) is 0 Å². The number of nitrogens with two attached hydrogens (primary N) is 1. The Labute approximate surface area is 128 Å². The molecule has 20 heavy (non-hydrogen) atoms. The van der Waals surface area contributed by atoms with Crippen LogP contribution in [0.15, 0.2) is 30.3 Å². The molecule has 1 aromatic rings. The van der Waals surface area contributed by atoms with Crippen molar-refractivity contribution < 1.29 is 5.11 Å². The van der Waals surface area contributed by atoms with E-state index < -0.39 is 6.10 Å². The van der Waals surface area contributed by atoms with Gasteiger partial charge in [-0.3, -0.25) is 0 Å². The Hall–Kier alpha value is -0.610. The molecule has 1 fully saturated rings. The Balaban J connectivity index is 0.00000200. The summed E-state index contributed by atoms with van der Waals surface area (Å²) in [6, 6.07) is 10.5. The Morgan fingerprint density at radius 3 is 2.45 bits per heavy atom. The SMILES string of the molecule is Cl.N[C@@H](Cc1ccccc1)[C@H](O)CNC1CCCCC1. The van der Waals surface area contributed by atoms with E-state index in [-0.39, 0.29) is 18.4 Å². The molecule has 0 bridgehead atoms. The lowest BCUT2D eigenvalue weighted by atomic mass is 9.95. The highest BCUT2D eigenvalue weighted by Gasteiger charge is 2.18. The van der Waals surface area contributed by atoms with Crippen LogP contribution in [-0.4, -0.2) is 29.8 Å². The van der Waals surface area contributed by atoms with Crippen molar-refractivity contribution in [1.82, 2.24) is 5.32 Å². The number of nitrogens with one attached hydrogen (secondary N) is 1. The third-order valence-electron chi connectivity index (χ3n) is 4.03. The number of halogens is 1.